The molecular weight excluding hydrogens is 264 g/mol. The molecule has 2 aromatic rings. The van der Waals surface area contributed by atoms with Gasteiger partial charge in [-0.3, -0.25) is 11.3 Å². The molecule has 3 N–H and O–H groups in total. The highest BCUT2D eigenvalue weighted by Crippen LogP contribution is 2.35. The first kappa shape index (κ1) is 15.4. The van der Waals surface area contributed by atoms with E-state index < -0.39 is 0 Å². The van der Waals surface area contributed by atoms with E-state index in [1.165, 1.54) is 11.1 Å². The minimum atomic E-state index is -0.0853. The SMILES string of the molecule is COc1cccc(OC)c1C(Cc1cccc(C)c1)NN. The van der Waals surface area contributed by atoms with E-state index >= 15 is 0 Å². The van der Waals surface area contributed by atoms with E-state index in [9.17, 15) is 0 Å². The summed E-state index contributed by atoms with van der Waals surface area (Å²) in [4.78, 5) is 0. The molecule has 4 nitrogen and oxygen atoms in total. The van der Waals surface area contributed by atoms with Gasteiger partial charge in [0.25, 0.3) is 0 Å². The van der Waals surface area contributed by atoms with Crippen molar-refractivity contribution < 1.29 is 9.47 Å². The molecule has 2 aromatic carbocycles. The number of aryl methyl sites for hydroxylation is 1. The van der Waals surface area contributed by atoms with E-state index in [2.05, 4.69) is 36.6 Å². The van der Waals surface area contributed by atoms with Crippen molar-refractivity contribution in [3.63, 3.8) is 0 Å². The molecule has 0 aliphatic rings. The molecule has 1 atom stereocenters. The maximum atomic E-state index is 5.78. The highest BCUT2D eigenvalue weighted by Gasteiger charge is 2.20. The Labute approximate surface area is 125 Å². The van der Waals surface area contributed by atoms with Crippen LogP contribution in [0.1, 0.15) is 22.7 Å². The first-order valence-corrected chi connectivity index (χ1v) is 6.92. The van der Waals surface area contributed by atoms with Gasteiger partial charge >= 0.3 is 0 Å². The van der Waals surface area contributed by atoms with Crippen LogP contribution in [0.5, 0.6) is 11.5 Å². The molecule has 0 saturated carbocycles. The Morgan fingerprint density at radius 3 is 2.19 bits per heavy atom. The molecule has 0 saturated heterocycles. The van der Waals surface area contributed by atoms with Crippen molar-refractivity contribution in [3.8, 4) is 11.5 Å². The van der Waals surface area contributed by atoms with Gasteiger partial charge in [0.05, 0.1) is 25.8 Å². The van der Waals surface area contributed by atoms with Crippen LogP contribution in [0.3, 0.4) is 0 Å². The molecule has 0 heterocycles. The van der Waals surface area contributed by atoms with Gasteiger partial charge in [-0.05, 0) is 31.0 Å². The third-order valence-electron chi connectivity index (χ3n) is 3.54. The Balaban J connectivity index is 2.37. The number of hydrogen-bond donors (Lipinski definition) is 2. The Bertz CT molecular complexity index is 577. The lowest BCUT2D eigenvalue weighted by atomic mass is 9.97. The molecule has 0 amide bonds. The second-order valence-electron chi connectivity index (χ2n) is 4.99. The van der Waals surface area contributed by atoms with Gasteiger partial charge in [0.1, 0.15) is 11.5 Å². The van der Waals surface area contributed by atoms with Crippen molar-refractivity contribution in [1.29, 1.82) is 0 Å². The summed E-state index contributed by atoms with van der Waals surface area (Å²) in [5.41, 5.74) is 6.26. The maximum absolute atomic E-state index is 5.78. The molecule has 4 heteroatoms. The van der Waals surface area contributed by atoms with E-state index in [0.29, 0.717) is 0 Å². The van der Waals surface area contributed by atoms with Crippen LogP contribution in [-0.4, -0.2) is 14.2 Å². The van der Waals surface area contributed by atoms with Gasteiger partial charge in [0, 0.05) is 0 Å². The molecule has 112 valence electrons. The van der Waals surface area contributed by atoms with E-state index in [-0.39, 0.29) is 6.04 Å². The fraction of sp³-hybridized carbons (Fsp3) is 0.294. The third-order valence-corrected chi connectivity index (χ3v) is 3.54. The van der Waals surface area contributed by atoms with Gasteiger partial charge < -0.3 is 9.47 Å². The Morgan fingerprint density at radius 1 is 1.05 bits per heavy atom. The van der Waals surface area contributed by atoms with E-state index in [1.807, 2.05) is 18.2 Å². The number of benzene rings is 2. The zero-order valence-corrected chi connectivity index (χ0v) is 12.7. The van der Waals surface area contributed by atoms with E-state index in [1.54, 1.807) is 14.2 Å². The largest absolute Gasteiger partial charge is 0.496 e. The summed E-state index contributed by atoms with van der Waals surface area (Å²) in [6.07, 6.45) is 0.759. The van der Waals surface area contributed by atoms with Crippen LogP contribution in [-0.2, 0) is 6.42 Å². The van der Waals surface area contributed by atoms with Crippen LogP contribution in [0.25, 0.3) is 0 Å². The number of nitrogens with one attached hydrogen (secondary N) is 1. The fourth-order valence-corrected chi connectivity index (χ4v) is 2.54. The van der Waals surface area contributed by atoms with Gasteiger partial charge in [-0.25, -0.2) is 0 Å². The molecule has 1 unspecified atom stereocenters. The summed E-state index contributed by atoms with van der Waals surface area (Å²) in [7, 11) is 3.30. The summed E-state index contributed by atoms with van der Waals surface area (Å²) in [5, 5.41) is 0. The molecule has 0 radical (unpaired) electrons. The first-order chi connectivity index (χ1) is 10.2. The van der Waals surface area contributed by atoms with Crippen LogP contribution in [0.2, 0.25) is 0 Å². The molecule has 0 aromatic heterocycles. The number of methoxy groups -OCH3 is 2. The molecule has 2 rings (SSSR count). The summed E-state index contributed by atoms with van der Waals surface area (Å²) >= 11 is 0. The van der Waals surface area contributed by atoms with Crippen LogP contribution < -0.4 is 20.7 Å². The zero-order chi connectivity index (χ0) is 15.2. The summed E-state index contributed by atoms with van der Waals surface area (Å²) in [6, 6.07) is 14.0. The fourth-order valence-electron chi connectivity index (χ4n) is 2.54. The predicted molar refractivity (Wildman–Crippen MR) is 84.5 cm³/mol. The molecule has 0 fully saturated rings. The van der Waals surface area contributed by atoms with Gasteiger partial charge in [0.2, 0.25) is 0 Å². The first-order valence-electron chi connectivity index (χ1n) is 6.92. The average molecular weight is 286 g/mol. The zero-order valence-electron chi connectivity index (χ0n) is 12.7. The second-order valence-corrected chi connectivity index (χ2v) is 4.99. The lowest BCUT2D eigenvalue weighted by Gasteiger charge is -2.22. The van der Waals surface area contributed by atoms with Crippen molar-refractivity contribution in [2.45, 2.75) is 19.4 Å². The van der Waals surface area contributed by atoms with Crippen molar-refractivity contribution in [2.75, 3.05) is 14.2 Å². The Kier molecular flexibility index (Phi) is 5.20. The molecular formula is C17H22N2O2. The second kappa shape index (κ2) is 7.11. The molecule has 0 aliphatic carbocycles. The predicted octanol–water partition coefficient (Wildman–Crippen LogP) is 2.76. The van der Waals surface area contributed by atoms with Crippen molar-refractivity contribution in [1.82, 2.24) is 5.43 Å². The average Bonchev–Trinajstić information content (AvgIpc) is 2.52. The van der Waals surface area contributed by atoms with Crippen molar-refractivity contribution in [2.24, 2.45) is 5.84 Å². The van der Waals surface area contributed by atoms with Crippen LogP contribution >= 0.6 is 0 Å². The molecule has 0 spiro atoms. The lowest BCUT2D eigenvalue weighted by Crippen LogP contribution is -2.30. The number of ether oxygens (including phenoxy) is 2. The van der Waals surface area contributed by atoms with E-state index in [4.69, 9.17) is 15.3 Å². The minimum Gasteiger partial charge on any atom is -0.496 e. The Hall–Kier alpha value is -2.04. The highest BCUT2D eigenvalue weighted by atomic mass is 16.5. The smallest absolute Gasteiger partial charge is 0.127 e. The monoisotopic (exact) mass is 286 g/mol. The highest BCUT2D eigenvalue weighted by molar-refractivity contribution is 5.47. The van der Waals surface area contributed by atoms with Crippen LogP contribution in [0.4, 0.5) is 0 Å². The van der Waals surface area contributed by atoms with Gasteiger partial charge in [-0.15, -0.1) is 0 Å². The number of hydrazine groups is 1. The summed E-state index contributed by atoms with van der Waals surface area (Å²) < 4.78 is 10.9. The molecule has 21 heavy (non-hydrogen) atoms. The number of rotatable bonds is 6. The topological polar surface area (TPSA) is 56.5 Å². The molecule has 0 bridgehead atoms. The van der Waals surface area contributed by atoms with Gasteiger partial charge in [-0.1, -0.05) is 35.9 Å². The van der Waals surface area contributed by atoms with Crippen LogP contribution in [0, 0.1) is 6.92 Å². The molecule has 0 aliphatic heterocycles. The van der Waals surface area contributed by atoms with Gasteiger partial charge in [0.15, 0.2) is 0 Å². The maximum Gasteiger partial charge on any atom is 0.127 e. The quantitative estimate of drug-likeness (QED) is 0.633. The standard InChI is InChI=1S/C17H22N2O2/c1-12-6-4-7-13(10-12)11-14(19-18)17-15(20-2)8-5-9-16(17)21-3/h4-10,14,19H,11,18H2,1-3H3. The number of nitrogens with two attached hydrogens (primary N) is 1. The van der Waals surface area contributed by atoms with E-state index in [0.717, 1.165) is 23.5 Å². The summed E-state index contributed by atoms with van der Waals surface area (Å²) in [5.74, 6) is 7.31. The van der Waals surface area contributed by atoms with Gasteiger partial charge in [-0.2, -0.15) is 0 Å². The summed E-state index contributed by atoms with van der Waals surface area (Å²) in [6.45, 7) is 2.08. The Morgan fingerprint density at radius 2 is 1.67 bits per heavy atom. The number of hydrogen-bond acceptors (Lipinski definition) is 4. The lowest BCUT2D eigenvalue weighted by molar-refractivity contribution is 0.370. The van der Waals surface area contributed by atoms with Crippen molar-refractivity contribution >= 4 is 0 Å². The van der Waals surface area contributed by atoms with Crippen LogP contribution in [0.15, 0.2) is 42.5 Å². The third kappa shape index (κ3) is 3.54. The minimum absolute atomic E-state index is 0.0853. The normalized spacial score (nSPS) is 12.0. The van der Waals surface area contributed by atoms with Crippen molar-refractivity contribution in [3.05, 3.63) is 59.2 Å².